The molecule has 2 aromatic carbocycles. The van der Waals surface area contributed by atoms with Crippen LogP contribution in [0.4, 0.5) is 0 Å². The fourth-order valence-electron chi connectivity index (χ4n) is 10.2. The topological polar surface area (TPSA) is 105 Å². The maximum atomic E-state index is 13.5. The van der Waals surface area contributed by atoms with Gasteiger partial charge in [0.1, 0.15) is 36.8 Å². The molecule has 6 unspecified atom stereocenters. The summed E-state index contributed by atoms with van der Waals surface area (Å²) in [5, 5.41) is 0. The van der Waals surface area contributed by atoms with Gasteiger partial charge in [0.05, 0.1) is 50.1 Å². The minimum atomic E-state index is -0.408. The highest BCUT2D eigenvalue weighted by Crippen LogP contribution is 2.46. The zero-order valence-electron chi connectivity index (χ0n) is 32.1. The molecule has 0 spiro atoms. The highest BCUT2D eigenvalue weighted by atomic mass is 79.9. The second-order valence-electron chi connectivity index (χ2n) is 16.6. The smallest absolute Gasteiger partial charge is 0.310 e. The van der Waals surface area contributed by atoms with E-state index in [4.69, 9.17) is 18.9 Å². The van der Waals surface area contributed by atoms with Gasteiger partial charge in [0.2, 0.25) is 0 Å². The summed E-state index contributed by atoms with van der Waals surface area (Å²) in [7, 11) is 4.65. The normalized spacial score (nSPS) is 33.3. The standard InChI is InChI=1S/C42H56N2O8.2BrH/c1-5-39(45)49-33-15-7-27(8-16-33)25-43(3)29-11-12-30(43)22-35(21-29)51-41(47)37-19-20-38(37)42(48)52-36-23-31-13-14-32(24-36)44(31,4)26-28-9-17-34(18-10-28)50-40(46)6-2;;/h7-10,15-18,29-32,35-38H,5-6,11-14,19-26H2,1-4H3;2*1H/q+2;;/p-2. The van der Waals surface area contributed by atoms with E-state index in [1.165, 1.54) is 11.1 Å². The lowest BCUT2D eigenvalue weighted by Gasteiger charge is -2.47. The molecule has 12 heteroatoms. The van der Waals surface area contributed by atoms with Crippen LogP contribution in [0.1, 0.15) is 102 Å². The zero-order valence-corrected chi connectivity index (χ0v) is 35.2. The Labute approximate surface area is 340 Å². The van der Waals surface area contributed by atoms with E-state index in [0.717, 1.165) is 73.4 Å². The van der Waals surface area contributed by atoms with Gasteiger partial charge in [0.15, 0.2) is 0 Å². The predicted molar refractivity (Wildman–Crippen MR) is 193 cm³/mol. The third-order valence-electron chi connectivity index (χ3n) is 13.5. The van der Waals surface area contributed by atoms with E-state index in [9.17, 15) is 19.2 Å². The average Bonchev–Trinajstić information content (AvgIpc) is 3.33. The van der Waals surface area contributed by atoms with Crippen LogP contribution >= 0.6 is 0 Å². The molecule has 0 aromatic heterocycles. The predicted octanol–water partition coefficient (Wildman–Crippen LogP) is 0.418. The lowest BCUT2D eigenvalue weighted by Crippen LogP contribution is -3.00. The number of hydrogen-bond donors (Lipinski definition) is 0. The molecule has 4 heterocycles. The lowest BCUT2D eigenvalue weighted by molar-refractivity contribution is -0.961. The van der Waals surface area contributed by atoms with Gasteiger partial charge in [-0.25, -0.2) is 0 Å². The fraction of sp³-hybridized carbons (Fsp3) is 0.619. The van der Waals surface area contributed by atoms with Gasteiger partial charge in [0, 0.05) is 75.3 Å². The molecule has 2 aromatic rings. The number of fused-ring (bicyclic) bond motifs is 4. The first-order chi connectivity index (χ1) is 25.0. The van der Waals surface area contributed by atoms with Crippen LogP contribution < -0.4 is 43.4 Å². The van der Waals surface area contributed by atoms with Crippen molar-refractivity contribution < 1.29 is 81.1 Å². The molecule has 1 saturated carbocycles. The molecule has 0 N–H and O–H groups in total. The molecular weight excluding hydrogens is 820 g/mol. The van der Waals surface area contributed by atoms with Gasteiger partial charge in [-0.1, -0.05) is 13.8 Å². The molecule has 10 nitrogen and oxygen atoms in total. The van der Waals surface area contributed by atoms with E-state index in [0.29, 0.717) is 61.3 Å². The van der Waals surface area contributed by atoms with Crippen molar-refractivity contribution in [3.8, 4) is 11.5 Å². The van der Waals surface area contributed by atoms with Crippen LogP contribution in [0.5, 0.6) is 11.5 Å². The number of nitrogens with zero attached hydrogens (tertiary/aromatic N) is 2. The van der Waals surface area contributed by atoms with E-state index < -0.39 is 11.8 Å². The minimum Gasteiger partial charge on any atom is -1.00 e. The quantitative estimate of drug-likeness (QED) is 0.172. The maximum absolute atomic E-state index is 13.5. The monoisotopic (exact) mass is 874 g/mol. The first-order valence-corrected chi connectivity index (χ1v) is 19.7. The van der Waals surface area contributed by atoms with Crippen molar-refractivity contribution in [2.24, 2.45) is 11.8 Å². The van der Waals surface area contributed by atoms with Gasteiger partial charge in [-0.2, -0.15) is 0 Å². The summed E-state index contributed by atoms with van der Waals surface area (Å²) in [5.41, 5.74) is 2.42. The molecule has 5 aliphatic rings. The van der Waals surface area contributed by atoms with E-state index in [1.54, 1.807) is 13.8 Å². The van der Waals surface area contributed by atoms with Gasteiger partial charge in [0.25, 0.3) is 0 Å². The Morgan fingerprint density at radius 2 is 0.852 bits per heavy atom. The lowest BCUT2D eigenvalue weighted by atomic mass is 9.73. The van der Waals surface area contributed by atoms with Crippen molar-refractivity contribution in [3.63, 3.8) is 0 Å². The van der Waals surface area contributed by atoms with Crippen LogP contribution in [0, 0.1) is 11.8 Å². The molecule has 54 heavy (non-hydrogen) atoms. The highest BCUT2D eigenvalue weighted by molar-refractivity contribution is 5.84. The molecule has 296 valence electrons. The largest absolute Gasteiger partial charge is 1.00 e. The number of quaternary nitrogens is 2. The third-order valence-corrected chi connectivity index (χ3v) is 13.5. The molecule has 0 radical (unpaired) electrons. The van der Waals surface area contributed by atoms with Crippen LogP contribution in [0.2, 0.25) is 0 Å². The Kier molecular flexibility index (Phi) is 13.8. The number of rotatable bonds is 12. The van der Waals surface area contributed by atoms with Crippen molar-refractivity contribution in [2.75, 3.05) is 14.1 Å². The van der Waals surface area contributed by atoms with E-state index >= 15 is 0 Å². The van der Waals surface area contributed by atoms with Crippen molar-refractivity contribution >= 4 is 23.9 Å². The minimum absolute atomic E-state index is 0. The van der Waals surface area contributed by atoms with Gasteiger partial charge in [-0.15, -0.1) is 0 Å². The highest BCUT2D eigenvalue weighted by Gasteiger charge is 2.55. The summed E-state index contributed by atoms with van der Waals surface area (Å²) >= 11 is 0. The van der Waals surface area contributed by atoms with E-state index in [1.807, 2.05) is 24.3 Å². The molecule has 0 amide bonds. The van der Waals surface area contributed by atoms with E-state index in [2.05, 4.69) is 38.4 Å². The zero-order chi connectivity index (χ0) is 36.6. The Morgan fingerprint density at radius 3 is 1.13 bits per heavy atom. The summed E-state index contributed by atoms with van der Waals surface area (Å²) in [6, 6.07) is 17.3. The number of hydrogen-bond acceptors (Lipinski definition) is 8. The van der Waals surface area contributed by atoms with Crippen LogP contribution in [-0.2, 0) is 41.7 Å². The summed E-state index contributed by atoms with van der Waals surface area (Å²) < 4.78 is 24.9. The number of piperidine rings is 2. The summed E-state index contributed by atoms with van der Waals surface area (Å²) in [6.45, 7) is 5.35. The number of benzene rings is 2. The number of ether oxygens (including phenoxy) is 4. The summed E-state index contributed by atoms with van der Waals surface area (Å²) in [4.78, 5) is 50.3. The first kappa shape index (κ1) is 42.3. The van der Waals surface area contributed by atoms with Gasteiger partial charge < -0.3 is 61.9 Å². The van der Waals surface area contributed by atoms with Gasteiger partial charge in [-0.05, 0) is 61.4 Å². The molecule has 4 bridgehead atoms. The van der Waals surface area contributed by atoms with Crippen molar-refractivity contribution in [3.05, 3.63) is 59.7 Å². The van der Waals surface area contributed by atoms with Crippen LogP contribution in [0.3, 0.4) is 0 Å². The first-order valence-electron chi connectivity index (χ1n) is 19.7. The van der Waals surface area contributed by atoms with E-state index in [-0.39, 0.29) is 70.0 Å². The third kappa shape index (κ3) is 8.76. The second kappa shape index (κ2) is 17.6. The molecule has 6 atom stereocenters. The molecular formula is C42H56Br2N2O8. The molecule has 1 aliphatic carbocycles. The number of esters is 4. The van der Waals surface area contributed by atoms with Crippen molar-refractivity contribution in [2.45, 2.75) is 140 Å². The van der Waals surface area contributed by atoms with Gasteiger partial charge in [-0.3, -0.25) is 19.2 Å². The SMILES string of the molecule is CCC(=O)Oc1ccc(C[N+]2(C)C3CCC2CC(OC(=O)C2CCC2C(=O)OC2CC4CCC(C2)[N+]4(C)Cc2ccc(OC(=O)CC)cc2)C3)cc1.[Br-].[Br-]. The summed E-state index contributed by atoms with van der Waals surface area (Å²) in [6.07, 6.45) is 9.63. The summed E-state index contributed by atoms with van der Waals surface area (Å²) in [5.74, 6) is -0.593. The number of carbonyl (C=O) groups excluding carboxylic acids is 4. The molecule has 7 rings (SSSR count). The fourth-order valence-corrected chi connectivity index (χ4v) is 10.2. The Balaban J connectivity index is 0.00000280. The molecule has 5 fully saturated rings. The van der Waals surface area contributed by atoms with Crippen molar-refractivity contribution in [1.82, 2.24) is 0 Å². The molecule has 4 aliphatic heterocycles. The van der Waals surface area contributed by atoms with Crippen LogP contribution in [-0.4, -0.2) is 83.3 Å². The number of carbonyl (C=O) groups is 4. The van der Waals surface area contributed by atoms with Crippen LogP contribution in [0.15, 0.2) is 48.5 Å². The Morgan fingerprint density at radius 1 is 0.537 bits per heavy atom. The van der Waals surface area contributed by atoms with Crippen LogP contribution in [0.25, 0.3) is 0 Å². The van der Waals surface area contributed by atoms with Crippen molar-refractivity contribution in [1.29, 1.82) is 0 Å². The Bertz CT molecular complexity index is 1500. The second-order valence-corrected chi connectivity index (χ2v) is 16.6. The maximum Gasteiger partial charge on any atom is 0.310 e. The van der Waals surface area contributed by atoms with Gasteiger partial charge >= 0.3 is 23.9 Å². The average molecular weight is 877 g/mol. The Hall–Kier alpha value is -2.80. The molecule has 4 saturated heterocycles. The number of halogens is 2.